The molecule has 0 radical (unpaired) electrons. The molecule has 1 aliphatic carbocycles. The number of nitrogens with zero attached hydrogens (tertiary/aromatic N) is 1. The van der Waals surface area contributed by atoms with Gasteiger partial charge in [0.05, 0.1) is 25.6 Å². The average Bonchev–Trinajstić information content (AvgIpc) is 3.24. The van der Waals surface area contributed by atoms with Crippen molar-refractivity contribution in [2.45, 2.75) is 36.9 Å². The van der Waals surface area contributed by atoms with E-state index in [0.717, 1.165) is 12.8 Å². The van der Waals surface area contributed by atoms with E-state index >= 15 is 0 Å². The van der Waals surface area contributed by atoms with E-state index in [2.05, 4.69) is 24.3 Å². The molecule has 150 valence electrons. The van der Waals surface area contributed by atoms with Crippen LogP contribution in [0.4, 0.5) is 4.79 Å². The molecule has 0 aromatic heterocycles. The fraction of sp³-hybridized carbons (Fsp3) is 0.391. The summed E-state index contributed by atoms with van der Waals surface area (Å²) in [7, 11) is 0. The highest BCUT2D eigenvalue weighted by Crippen LogP contribution is 2.45. The molecule has 3 aliphatic rings. The molecular weight excluding hydrogens is 370 g/mol. The van der Waals surface area contributed by atoms with Gasteiger partial charge in [0.1, 0.15) is 12.2 Å². The molecule has 0 saturated carbocycles. The van der Waals surface area contributed by atoms with Gasteiger partial charge in [-0.3, -0.25) is 4.79 Å². The van der Waals surface area contributed by atoms with E-state index in [1.807, 2.05) is 24.3 Å². The third-order valence-corrected chi connectivity index (χ3v) is 6.29. The van der Waals surface area contributed by atoms with Gasteiger partial charge in [-0.25, -0.2) is 4.79 Å². The fourth-order valence-electron chi connectivity index (χ4n) is 4.93. The Hall–Kier alpha value is -2.86. The van der Waals surface area contributed by atoms with Crippen LogP contribution in [0.1, 0.15) is 36.3 Å². The van der Waals surface area contributed by atoms with E-state index in [-0.39, 0.29) is 30.1 Å². The number of carbonyl (C=O) groups excluding carboxylic acids is 1. The van der Waals surface area contributed by atoms with Gasteiger partial charge in [-0.1, -0.05) is 48.5 Å². The lowest BCUT2D eigenvalue weighted by atomic mass is 9.91. The molecule has 29 heavy (non-hydrogen) atoms. The Morgan fingerprint density at radius 2 is 1.69 bits per heavy atom. The van der Waals surface area contributed by atoms with Gasteiger partial charge in [0, 0.05) is 5.92 Å². The number of rotatable bonds is 4. The van der Waals surface area contributed by atoms with Crippen LogP contribution in [0, 0.1) is 0 Å². The van der Waals surface area contributed by atoms with E-state index in [0.29, 0.717) is 19.7 Å². The molecule has 2 aliphatic heterocycles. The van der Waals surface area contributed by atoms with E-state index in [9.17, 15) is 9.59 Å². The molecule has 2 aromatic rings. The van der Waals surface area contributed by atoms with Gasteiger partial charge in [0.2, 0.25) is 0 Å². The van der Waals surface area contributed by atoms with Gasteiger partial charge in [0.25, 0.3) is 0 Å². The summed E-state index contributed by atoms with van der Waals surface area (Å²) < 4.78 is 11.6. The summed E-state index contributed by atoms with van der Waals surface area (Å²) in [5.74, 6) is -0.802. The first-order valence-corrected chi connectivity index (χ1v) is 10.0. The minimum absolute atomic E-state index is 0.0205. The maximum atomic E-state index is 12.6. The van der Waals surface area contributed by atoms with Crippen molar-refractivity contribution < 1.29 is 24.2 Å². The zero-order valence-corrected chi connectivity index (χ0v) is 16.0. The van der Waals surface area contributed by atoms with Crippen LogP contribution in [0.25, 0.3) is 11.1 Å². The Labute approximate surface area is 169 Å². The minimum Gasteiger partial charge on any atom is -0.481 e. The van der Waals surface area contributed by atoms with Crippen LogP contribution in [0.2, 0.25) is 0 Å². The number of carboxylic acids is 1. The number of aliphatic carboxylic acids is 1. The molecule has 5 rings (SSSR count). The monoisotopic (exact) mass is 393 g/mol. The predicted molar refractivity (Wildman–Crippen MR) is 106 cm³/mol. The molecule has 2 fully saturated rings. The topological polar surface area (TPSA) is 76.1 Å². The number of benzene rings is 2. The van der Waals surface area contributed by atoms with E-state index in [4.69, 9.17) is 14.6 Å². The van der Waals surface area contributed by atoms with Crippen molar-refractivity contribution >= 4 is 12.1 Å². The molecule has 1 unspecified atom stereocenters. The third-order valence-electron chi connectivity index (χ3n) is 6.29. The third kappa shape index (κ3) is 3.17. The van der Waals surface area contributed by atoms with Crippen LogP contribution in [0.5, 0.6) is 0 Å². The quantitative estimate of drug-likeness (QED) is 0.858. The van der Waals surface area contributed by atoms with Gasteiger partial charge in [-0.2, -0.15) is 0 Å². The van der Waals surface area contributed by atoms with Gasteiger partial charge in [-0.05, 0) is 35.1 Å². The SMILES string of the molecule is O=C(O)CC1CCC2(CN(C(=O)OCC3c4ccccc4-c4ccccc43)C2)O1. The molecule has 1 amide bonds. The minimum atomic E-state index is -0.847. The van der Waals surface area contributed by atoms with E-state index < -0.39 is 5.97 Å². The highest BCUT2D eigenvalue weighted by Gasteiger charge is 2.52. The van der Waals surface area contributed by atoms with Gasteiger partial charge in [0.15, 0.2) is 0 Å². The van der Waals surface area contributed by atoms with Crippen LogP contribution in [-0.2, 0) is 14.3 Å². The van der Waals surface area contributed by atoms with Crippen molar-refractivity contribution in [3.8, 4) is 11.1 Å². The Kier molecular flexibility index (Phi) is 4.32. The van der Waals surface area contributed by atoms with Crippen molar-refractivity contribution in [2.75, 3.05) is 19.7 Å². The number of carbonyl (C=O) groups is 2. The summed E-state index contributed by atoms with van der Waals surface area (Å²) in [6, 6.07) is 16.5. The van der Waals surface area contributed by atoms with Gasteiger partial charge in [-0.15, -0.1) is 0 Å². The second kappa shape index (κ2) is 6.88. The molecule has 1 spiro atoms. The highest BCUT2D eigenvalue weighted by molar-refractivity contribution is 5.79. The Balaban J connectivity index is 1.20. The first-order valence-electron chi connectivity index (χ1n) is 10.0. The predicted octanol–water partition coefficient (Wildman–Crippen LogP) is 3.64. The number of fused-ring (bicyclic) bond motifs is 3. The summed E-state index contributed by atoms with van der Waals surface area (Å²) in [5, 5.41) is 8.92. The fourth-order valence-corrected chi connectivity index (χ4v) is 4.93. The maximum Gasteiger partial charge on any atom is 0.409 e. The van der Waals surface area contributed by atoms with Gasteiger partial charge >= 0.3 is 12.1 Å². The van der Waals surface area contributed by atoms with Crippen molar-refractivity contribution in [3.05, 3.63) is 59.7 Å². The lowest BCUT2D eigenvalue weighted by molar-refractivity contribution is -0.149. The summed E-state index contributed by atoms with van der Waals surface area (Å²) in [4.78, 5) is 25.1. The second-order valence-electron chi connectivity index (χ2n) is 8.22. The first-order chi connectivity index (χ1) is 14.0. The van der Waals surface area contributed by atoms with Crippen LogP contribution in [0.15, 0.2) is 48.5 Å². The Bertz CT molecular complexity index is 920. The summed E-state index contributed by atoms with van der Waals surface area (Å²) >= 11 is 0. The molecular formula is C23H23NO5. The molecule has 2 saturated heterocycles. The molecule has 6 heteroatoms. The van der Waals surface area contributed by atoms with Crippen molar-refractivity contribution in [2.24, 2.45) is 0 Å². The van der Waals surface area contributed by atoms with E-state index in [1.54, 1.807) is 4.90 Å². The van der Waals surface area contributed by atoms with Gasteiger partial charge < -0.3 is 19.5 Å². The summed E-state index contributed by atoms with van der Waals surface area (Å²) in [6.45, 7) is 1.25. The standard InChI is InChI=1S/C23H23NO5/c25-21(26)11-15-9-10-23(29-15)13-24(14-23)22(27)28-12-20-18-7-3-1-5-16(18)17-6-2-4-8-19(17)20/h1-8,15,20H,9-14H2,(H,25,26). The van der Waals surface area contributed by atoms with E-state index in [1.165, 1.54) is 22.3 Å². The number of amides is 1. The van der Waals surface area contributed by atoms with Crippen LogP contribution in [0.3, 0.4) is 0 Å². The molecule has 2 heterocycles. The number of likely N-dealkylation sites (tertiary alicyclic amines) is 1. The second-order valence-corrected chi connectivity index (χ2v) is 8.22. The average molecular weight is 393 g/mol. The van der Waals surface area contributed by atoms with Crippen LogP contribution in [-0.4, -0.2) is 53.5 Å². The summed E-state index contributed by atoms with van der Waals surface area (Å²) in [6.07, 6.45) is 0.954. The first kappa shape index (κ1) is 18.2. The zero-order chi connectivity index (χ0) is 20.0. The van der Waals surface area contributed by atoms with Crippen LogP contribution < -0.4 is 0 Å². The Morgan fingerprint density at radius 3 is 2.31 bits per heavy atom. The van der Waals surface area contributed by atoms with Crippen molar-refractivity contribution in [1.29, 1.82) is 0 Å². The van der Waals surface area contributed by atoms with Crippen molar-refractivity contribution in [1.82, 2.24) is 4.90 Å². The smallest absolute Gasteiger partial charge is 0.409 e. The molecule has 2 aromatic carbocycles. The summed E-state index contributed by atoms with van der Waals surface area (Å²) in [5.41, 5.74) is 4.41. The number of ether oxygens (including phenoxy) is 2. The maximum absolute atomic E-state index is 12.6. The molecule has 1 atom stereocenters. The number of hydrogen-bond donors (Lipinski definition) is 1. The van der Waals surface area contributed by atoms with Crippen molar-refractivity contribution in [3.63, 3.8) is 0 Å². The normalized spacial score (nSPS) is 21.5. The largest absolute Gasteiger partial charge is 0.481 e. The Morgan fingerprint density at radius 1 is 1.07 bits per heavy atom. The molecule has 1 N–H and O–H groups in total. The number of hydrogen-bond acceptors (Lipinski definition) is 4. The number of carboxylic acid groups (broad SMARTS) is 1. The zero-order valence-electron chi connectivity index (χ0n) is 16.0. The lowest BCUT2D eigenvalue weighted by Crippen LogP contribution is -2.63. The lowest BCUT2D eigenvalue weighted by Gasteiger charge is -2.46. The highest BCUT2D eigenvalue weighted by atomic mass is 16.6. The molecule has 0 bridgehead atoms. The molecule has 6 nitrogen and oxygen atoms in total. The van der Waals surface area contributed by atoms with Crippen LogP contribution >= 0.6 is 0 Å².